The van der Waals surface area contributed by atoms with Crippen LogP contribution >= 0.6 is 0 Å². The largest absolute Gasteiger partial charge is 0.508 e. The van der Waals surface area contributed by atoms with Gasteiger partial charge in [0, 0.05) is 22.9 Å². The average Bonchev–Trinajstić information content (AvgIpc) is 2.88. The van der Waals surface area contributed by atoms with Crippen LogP contribution in [0.15, 0.2) is 48.5 Å². The van der Waals surface area contributed by atoms with Crippen molar-refractivity contribution in [3.05, 3.63) is 59.8 Å². The number of aromatic hydroxyl groups is 2. The Labute approximate surface area is 127 Å². The normalized spacial score (nSPS) is 15.8. The number of para-hydroxylation sites is 1. The number of benzene rings is 2. The van der Waals surface area contributed by atoms with Crippen LogP contribution in [-0.4, -0.2) is 20.0 Å². The molecule has 0 saturated carbocycles. The Bertz CT molecular complexity index is 870. The van der Waals surface area contributed by atoms with Gasteiger partial charge in [-0.15, -0.1) is 0 Å². The third kappa shape index (κ3) is 1.83. The van der Waals surface area contributed by atoms with Crippen molar-refractivity contribution >= 4 is 5.69 Å². The van der Waals surface area contributed by atoms with E-state index in [1.807, 2.05) is 41.9 Å². The van der Waals surface area contributed by atoms with E-state index < -0.39 is 0 Å². The van der Waals surface area contributed by atoms with Gasteiger partial charge in [-0.3, -0.25) is 0 Å². The van der Waals surface area contributed by atoms with Gasteiger partial charge in [0.05, 0.1) is 11.4 Å². The second-order valence-corrected chi connectivity index (χ2v) is 5.45. The molecule has 5 nitrogen and oxygen atoms in total. The van der Waals surface area contributed by atoms with Crippen molar-refractivity contribution in [2.24, 2.45) is 0 Å². The molecule has 0 saturated heterocycles. The molecule has 0 radical (unpaired) electrons. The van der Waals surface area contributed by atoms with Crippen LogP contribution in [0.5, 0.6) is 11.5 Å². The fourth-order valence-electron chi connectivity index (χ4n) is 2.93. The minimum absolute atomic E-state index is 0.0364. The number of aryl methyl sites for hydroxylation is 1. The molecule has 1 atom stereocenters. The standard InChI is InChI=1S/C17H15N3O2/c1-10-8-15-12-4-2-3-5-14(12)18-17(20(15)19-10)13-7-6-11(21)9-16(13)22/h2-9,17-18,21-22H,1H3/t17-/m1/s1. The smallest absolute Gasteiger partial charge is 0.150 e. The van der Waals surface area contributed by atoms with E-state index in [4.69, 9.17) is 0 Å². The molecule has 110 valence electrons. The SMILES string of the molecule is Cc1cc2n(n1)[C@H](c1ccc(O)cc1O)Nc1ccccc1-2. The zero-order chi connectivity index (χ0) is 15.3. The minimum Gasteiger partial charge on any atom is -0.508 e. The fraction of sp³-hybridized carbons (Fsp3) is 0.118. The third-order valence-corrected chi connectivity index (χ3v) is 3.91. The van der Waals surface area contributed by atoms with Gasteiger partial charge in [0.25, 0.3) is 0 Å². The van der Waals surface area contributed by atoms with Crippen LogP contribution in [0.2, 0.25) is 0 Å². The summed E-state index contributed by atoms with van der Waals surface area (Å²) in [4.78, 5) is 0. The maximum Gasteiger partial charge on any atom is 0.150 e. The van der Waals surface area contributed by atoms with Crippen LogP contribution in [0.4, 0.5) is 5.69 Å². The molecule has 4 rings (SSSR count). The van der Waals surface area contributed by atoms with Crippen molar-refractivity contribution in [3.8, 4) is 22.8 Å². The van der Waals surface area contributed by atoms with E-state index in [2.05, 4.69) is 10.4 Å². The summed E-state index contributed by atoms with van der Waals surface area (Å²) in [5.74, 6) is 0.0744. The highest BCUT2D eigenvalue weighted by Crippen LogP contribution is 2.40. The summed E-state index contributed by atoms with van der Waals surface area (Å²) in [7, 11) is 0. The molecule has 3 N–H and O–H groups in total. The van der Waals surface area contributed by atoms with Crippen LogP contribution in [0.25, 0.3) is 11.3 Å². The predicted octanol–water partition coefficient (Wildman–Crippen LogP) is 3.24. The number of aromatic nitrogens is 2. The number of phenols is 2. The van der Waals surface area contributed by atoms with Crippen molar-refractivity contribution in [1.82, 2.24) is 9.78 Å². The maximum absolute atomic E-state index is 10.2. The molecular weight excluding hydrogens is 278 g/mol. The van der Waals surface area contributed by atoms with Crippen molar-refractivity contribution in [2.45, 2.75) is 13.1 Å². The first-order valence-electron chi connectivity index (χ1n) is 7.07. The van der Waals surface area contributed by atoms with E-state index in [1.165, 1.54) is 6.07 Å². The summed E-state index contributed by atoms with van der Waals surface area (Å²) in [6.45, 7) is 1.95. The summed E-state index contributed by atoms with van der Waals surface area (Å²) in [6.07, 6.45) is -0.320. The molecule has 1 aliphatic rings. The summed E-state index contributed by atoms with van der Waals surface area (Å²) in [5, 5.41) is 27.6. The summed E-state index contributed by atoms with van der Waals surface area (Å²) in [5.41, 5.74) is 4.66. The Morgan fingerprint density at radius 3 is 2.73 bits per heavy atom. The van der Waals surface area contributed by atoms with E-state index in [-0.39, 0.29) is 17.7 Å². The van der Waals surface area contributed by atoms with Crippen molar-refractivity contribution < 1.29 is 10.2 Å². The Balaban J connectivity index is 1.92. The van der Waals surface area contributed by atoms with E-state index in [0.717, 1.165) is 22.6 Å². The highest BCUT2D eigenvalue weighted by atomic mass is 16.3. The molecular formula is C17H15N3O2. The fourth-order valence-corrected chi connectivity index (χ4v) is 2.93. The molecule has 2 heterocycles. The predicted molar refractivity (Wildman–Crippen MR) is 83.9 cm³/mol. The summed E-state index contributed by atoms with van der Waals surface area (Å²) < 4.78 is 1.86. The van der Waals surface area contributed by atoms with Crippen LogP contribution < -0.4 is 5.32 Å². The van der Waals surface area contributed by atoms with Crippen LogP contribution in [0.3, 0.4) is 0 Å². The number of nitrogens with one attached hydrogen (secondary N) is 1. The lowest BCUT2D eigenvalue weighted by Crippen LogP contribution is -2.25. The average molecular weight is 293 g/mol. The first-order chi connectivity index (χ1) is 10.6. The Morgan fingerprint density at radius 1 is 1.09 bits per heavy atom. The van der Waals surface area contributed by atoms with Gasteiger partial charge >= 0.3 is 0 Å². The molecule has 22 heavy (non-hydrogen) atoms. The van der Waals surface area contributed by atoms with Gasteiger partial charge in [-0.25, -0.2) is 4.68 Å². The second kappa shape index (κ2) is 4.53. The molecule has 0 spiro atoms. The first-order valence-corrected chi connectivity index (χ1v) is 7.07. The van der Waals surface area contributed by atoms with Crippen LogP contribution in [0.1, 0.15) is 17.4 Å². The highest BCUT2D eigenvalue weighted by molar-refractivity contribution is 5.78. The third-order valence-electron chi connectivity index (χ3n) is 3.91. The number of rotatable bonds is 1. The molecule has 0 aliphatic carbocycles. The molecule has 0 amide bonds. The molecule has 1 aromatic heterocycles. The van der Waals surface area contributed by atoms with Crippen LogP contribution in [-0.2, 0) is 0 Å². The molecule has 3 aromatic rings. The van der Waals surface area contributed by atoms with Gasteiger partial charge in [0.15, 0.2) is 6.17 Å². The van der Waals surface area contributed by atoms with E-state index >= 15 is 0 Å². The maximum atomic E-state index is 10.2. The molecule has 0 fully saturated rings. The highest BCUT2D eigenvalue weighted by Gasteiger charge is 2.27. The van der Waals surface area contributed by atoms with Crippen LogP contribution in [0, 0.1) is 6.92 Å². The number of nitrogens with zero attached hydrogens (tertiary/aromatic N) is 2. The van der Waals surface area contributed by atoms with E-state index in [9.17, 15) is 10.2 Å². The Morgan fingerprint density at radius 2 is 1.91 bits per heavy atom. The van der Waals surface area contributed by atoms with Gasteiger partial charge in [-0.2, -0.15) is 5.10 Å². The minimum atomic E-state index is -0.320. The molecule has 2 aromatic carbocycles. The lowest BCUT2D eigenvalue weighted by atomic mass is 10.0. The number of anilines is 1. The molecule has 1 aliphatic heterocycles. The lowest BCUT2D eigenvalue weighted by Gasteiger charge is -2.29. The topological polar surface area (TPSA) is 70.3 Å². The zero-order valence-electron chi connectivity index (χ0n) is 12.0. The number of hydrogen-bond donors (Lipinski definition) is 3. The monoisotopic (exact) mass is 293 g/mol. The van der Waals surface area contributed by atoms with Crippen molar-refractivity contribution in [2.75, 3.05) is 5.32 Å². The molecule has 0 bridgehead atoms. The number of fused-ring (bicyclic) bond motifs is 3. The van der Waals surface area contributed by atoms with Gasteiger partial charge < -0.3 is 15.5 Å². The van der Waals surface area contributed by atoms with E-state index in [0.29, 0.717) is 5.56 Å². The van der Waals surface area contributed by atoms with E-state index in [1.54, 1.807) is 12.1 Å². The lowest BCUT2D eigenvalue weighted by molar-refractivity contribution is 0.436. The van der Waals surface area contributed by atoms with Gasteiger partial charge in [-0.1, -0.05) is 18.2 Å². The number of hydrogen-bond acceptors (Lipinski definition) is 4. The van der Waals surface area contributed by atoms with Gasteiger partial charge in [0.1, 0.15) is 11.5 Å². The number of phenolic OH excluding ortho intramolecular Hbond substituents is 2. The second-order valence-electron chi connectivity index (χ2n) is 5.45. The zero-order valence-corrected chi connectivity index (χ0v) is 12.0. The molecule has 5 heteroatoms. The first kappa shape index (κ1) is 12.8. The van der Waals surface area contributed by atoms with Gasteiger partial charge in [-0.05, 0) is 31.2 Å². The van der Waals surface area contributed by atoms with Gasteiger partial charge in [0.2, 0.25) is 0 Å². The Kier molecular flexibility index (Phi) is 2.63. The van der Waals surface area contributed by atoms with Crippen molar-refractivity contribution in [1.29, 1.82) is 0 Å². The van der Waals surface area contributed by atoms with Crippen molar-refractivity contribution in [3.63, 3.8) is 0 Å². The summed E-state index contributed by atoms with van der Waals surface area (Å²) >= 11 is 0. The molecule has 0 unspecified atom stereocenters. The summed E-state index contributed by atoms with van der Waals surface area (Å²) in [6, 6.07) is 14.7. The Hall–Kier alpha value is -2.95. The quantitative estimate of drug-likeness (QED) is 0.644.